The number of halogens is 1. The fourth-order valence-electron chi connectivity index (χ4n) is 1.86. The highest BCUT2D eigenvalue weighted by atomic mass is 35.5. The Morgan fingerprint density at radius 1 is 1.08 bits per heavy atom. The molecule has 2 rings (SSSR count). The van der Waals surface area contributed by atoms with Gasteiger partial charge >= 0.3 is 0 Å². The molecule has 0 unspecified atom stereocenters. The number of nitrogens with zero attached hydrogens (tertiary/aromatic N) is 1. The van der Waals surface area contributed by atoms with E-state index in [-0.39, 0.29) is 30.4 Å². The number of nitrogens with one attached hydrogen (secondary N) is 2. The minimum Gasteiger partial charge on any atom is -0.508 e. The number of rotatable bonds is 6. The standard InChI is InChI=1S/C17H16ClN3O3/c18-13-4-2-5-14(10-13)20-16(23)7-8-17(24)21-19-11-12-3-1-6-15(22)9-12/h1-6,9-11,22H,7-8H2,(H,20,23)(H,21,24)/b19-11+. The van der Waals surface area contributed by atoms with Crippen LogP contribution in [0.1, 0.15) is 18.4 Å². The summed E-state index contributed by atoms with van der Waals surface area (Å²) in [6.07, 6.45) is 1.44. The first-order valence-corrected chi connectivity index (χ1v) is 7.57. The largest absolute Gasteiger partial charge is 0.508 e. The van der Waals surface area contributed by atoms with Crippen molar-refractivity contribution in [1.29, 1.82) is 0 Å². The lowest BCUT2D eigenvalue weighted by atomic mass is 10.2. The van der Waals surface area contributed by atoms with Crippen molar-refractivity contribution >= 4 is 35.3 Å². The molecule has 0 spiro atoms. The number of benzene rings is 2. The summed E-state index contributed by atoms with van der Waals surface area (Å²) in [4.78, 5) is 23.4. The van der Waals surface area contributed by atoms with Gasteiger partial charge in [0.25, 0.3) is 0 Å². The molecule has 0 aliphatic carbocycles. The maximum absolute atomic E-state index is 11.8. The smallest absolute Gasteiger partial charge is 0.240 e. The predicted octanol–water partition coefficient (Wildman–Crippen LogP) is 2.91. The van der Waals surface area contributed by atoms with E-state index in [1.165, 1.54) is 18.3 Å². The highest BCUT2D eigenvalue weighted by Gasteiger charge is 2.07. The Hall–Kier alpha value is -2.86. The Balaban J connectivity index is 1.73. The van der Waals surface area contributed by atoms with Crippen molar-refractivity contribution in [1.82, 2.24) is 5.43 Å². The van der Waals surface area contributed by atoms with E-state index in [4.69, 9.17) is 11.6 Å². The van der Waals surface area contributed by atoms with E-state index >= 15 is 0 Å². The van der Waals surface area contributed by atoms with Crippen molar-refractivity contribution in [3.63, 3.8) is 0 Å². The van der Waals surface area contributed by atoms with Crippen LogP contribution in [0.3, 0.4) is 0 Å². The van der Waals surface area contributed by atoms with Crippen LogP contribution in [0.25, 0.3) is 0 Å². The number of phenolic OH excluding ortho intramolecular Hbond substituents is 1. The van der Waals surface area contributed by atoms with E-state index in [0.29, 0.717) is 16.3 Å². The minimum absolute atomic E-state index is 0.00375. The molecule has 0 fully saturated rings. The topological polar surface area (TPSA) is 90.8 Å². The molecule has 6 nitrogen and oxygen atoms in total. The van der Waals surface area contributed by atoms with Crippen LogP contribution in [0.5, 0.6) is 5.75 Å². The normalized spacial score (nSPS) is 10.5. The van der Waals surface area contributed by atoms with Crippen LogP contribution >= 0.6 is 11.6 Å². The summed E-state index contributed by atoms with van der Waals surface area (Å²) in [6.45, 7) is 0. The lowest BCUT2D eigenvalue weighted by molar-refractivity contribution is -0.124. The van der Waals surface area contributed by atoms with Gasteiger partial charge in [-0.05, 0) is 35.9 Å². The number of hydrazone groups is 1. The molecule has 124 valence electrons. The van der Waals surface area contributed by atoms with Gasteiger partial charge in [-0.15, -0.1) is 0 Å². The quantitative estimate of drug-likeness (QED) is 0.555. The van der Waals surface area contributed by atoms with E-state index in [2.05, 4.69) is 15.8 Å². The van der Waals surface area contributed by atoms with Gasteiger partial charge in [0.1, 0.15) is 5.75 Å². The number of phenols is 1. The second-order valence-electron chi connectivity index (χ2n) is 4.95. The molecule has 2 aromatic rings. The molecule has 2 amide bonds. The number of hydrogen-bond donors (Lipinski definition) is 3. The van der Waals surface area contributed by atoms with Crippen LogP contribution < -0.4 is 10.7 Å². The Labute approximate surface area is 144 Å². The molecule has 0 saturated heterocycles. The van der Waals surface area contributed by atoms with Crippen molar-refractivity contribution in [3.05, 3.63) is 59.1 Å². The van der Waals surface area contributed by atoms with E-state index < -0.39 is 0 Å². The summed E-state index contributed by atoms with van der Waals surface area (Å²) >= 11 is 5.83. The SMILES string of the molecule is O=C(CCC(=O)Nc1cccc(Cl)c1)N/N=C/c1cccc(O)c1. The van der Waals surface area contributed by atoms with Crippen LogP contribution in [-0.4, -0.2) is 23.1 Å². The maximum Gasteiger partial charge on any atom is 0.240 e. The molecule has 0 aliphatic rings. The van der Waals surface area contributed by atoms with Crippen molar-refractivity contribution in [2.24, 2.45) is 5.10 Å². The van der Waals surface area contributed by atoms with E-state index in [1.54, 1.807) is 36.4 Å². The molecule has 7 heteroatoms. The Bertz CT molecular complexity index is 762. The van der Waals surface area contributed by atoms with Gasteiger partial charge in [0.15, 0.2) is 0 Å². The van der Waals surface area contributed by atoms with Crippen LogP contribution in [0.4, 0.5) is 5.69 Å². The van der Waals surface area contributed by atoms with Crippen LogP contribution in [0.2, 0.25) is 5.02 Å². The first kappa shape index (κ1) is 17.5. The Kier molecular flexibility index (Phi) is 6.33. The van der Waals surface area contributed by atoms with Crippen molar-refractivity contribution in [2.45, 2.75) is 12.8 Å². The number of hydrogen-bond acceptors (Lipinski definition) is 4. The lowest BCUT2D eigenvalue weighted by Gasteiger charge is -2.05. The van der Waals surface area contributed by atoms with Gasteiger partial charge in [0, 0.05) is 23.6 Å². The zero-order valence-electron chi connectivity index (χ0n) is 12.7. The summed E-state index contributed by atoms with van der Waals surface area (Å²) in [6, 6.07) is 13.2. The molecule has 0 aromatic heterocycles. The molecule has 0 atom stereocenters. The van der Waals surface area contributed by atoms with E-state index in [9.17, 15) is 14.7 Å². The third kappa shape index (κ3) is 6.10. The summed E-state index contributed by atoms with van der Waals surface area (Å²) in [5, 5.41) is 16.3. The first-order chi connectivity index (χ1) is 11.5. The third-order valence-corrected chi connectivity index (χ3v) is 3.20. The molecule has 0 radical (unpaired) electrons. The van der Waals surface area contributed by atoms with Gasteiger partial charge in [-0.25, -0.2) is 5.43 Å². The first-order valence-electron chi connectivity index (χ1n) is 7.19. The molecule has 0 aliphatic heterocycles. The fourth-order valence-corrected chi connectivity index (χ4v) is 2.05. The highest BCUT2D eigenvalue weighted by molar-refractivity contribution is 6.30. The molecular weight excluding hydrogens is 330 g/mol. The van der Waals surface area contributed by atoms with Gasteiger partial charge in [0.05, 0.1) is 6.21 Å². The van der Waals surface area contributed by atoms with Gasteiger partial charge < -0.3 is 10.4 Å². The Morgan fingerprint density at radius 3 is 2.58 bits per heavy atom. The molecular formula is C17H16ClN3O3. The second-order valence-corrected chi connectivity index (χ2v) is 5.38. The van der Waals surface area contributed by atoms with Crippen molar-refractivity contribution in [3.8, 4) is 5.75 Å². The maximum atomic E-state index is 11.8. The van der Waals surface area contributed by atoms with Gasteiger partial charge in [-0.3, -0.25) is 9.59 Å². The number of aromatic hydroxyl groups is 1. The second kappa shape index (κ2) is 8.69. The fraction of sp³-hybridized carbons (Fsp3) is 0.118. The summed E-state index contributed by atoms with van der Waals surface area (Å²) in [5.41, 5.74) is 3.55. The lowest BCUT2D eigenvalue weighted by Crippen LogP contribution is -2.20. The van der Waals surface area contributed by atoms with Crippen LogP contribution in [0.15, 0.2) is 53.6 Å². The number of carbonyl (C=O) groups excluding carboxylic acids is 2. The molecule has 0 saturated carbocycles. The van der Waals surface area contributed by atoms with Crippen LogP contribution in [-0.2, 0) is 9.59 Å². The van der Waals surface area contributed by atoms with Crippen LogP contribution in [0, 0.1) is 0 Å². The zero-order valence-corrected chi connectivity index (χ0v) is 13.5. The van der Waals surface area contributed by atoms with Crippen molar-refractivity contribution < 1.29 is 14.7 Å². The van der Waals surface area contributed by atoms with E-state index in [1.807, 2.05) is 0 Å². The third-order valence-electron chi connectivity index (χ3n) is 2.96. The summed E-state index contributed by atoms with van der Waals surface area (Å²) < 4.78 is 0. The highest BCUT2D eigenvalue weighted by Crippen LogP contribution is 2.15. The Morgan fingerprint density at radius 2 is 1.83 bits per heavy atom. The van der Waals surface area contributed by atoms with Gasteiger partial charge in [0.2, 0.25) is 11.8 Å². The molecule has 2 aromatic carbocycles. The monoisotopic (exact) mass is 345 g/mol. The van der Waals surface area contributed by atoms with Gasteiger partial charge in [-0.1, -0.05) is 29.8 Å². The molecule has 3 N–H and O–H groups in total. The number of carbonyl (C=O) groups is 2. The average molecular weight is 346 g/mol. The zero-order chi connectivity index (χ0) is 17.4. The summed E-state index contributed by atoms with van der Waals surface area (Å²) in [7, 11) is 0. The number of amides is 2. The van der Waals surface area contributed by atoms with Gasteiger partial charge in [-0.2, -0.15) is 5.10 Å². The average Bonchev–Trinajstić information content (AvgIpc) is 2.53. The predicted molar refractivity (Wildman–Crippen MR) is 93.2 cm³/mol. The molecule has 24 heavy (non-hydrogen) atoms. The summed E-state index contributed by atoms with van der Waals surface area (Å²) in [5.74, 6) is -0.556. The molecule has 0 heterocycles. The molecule has 0 bridgehead atoms. The number of anilines is 1. The minimum atomic E-state index is -0.382. The van der Waals surface area contributed by atoms with Crippen molar-refractivity contribution in [2.75, 3.05) is 5.32 Å². The van der Waals surface area contributed by atoms with E-state index in [0.717, 1.165) is 0 Å².